The van der Waals surface area contributed by atoms with Gasteiger partial charge >= 0.3 is 6.03 Å². The van der Waals surface area contributed by atoms with Crippen molar-refractivity contribution in [3.8, 4) is 11.4 Å². The van der Waals surface area contributed by atoms with E-state index in [0.717, 1.165) is 28.4 Å². The number of hydrazone groups is 1. The second-order valence-electron chi connectivity index (χ2n) is 6.98. The Morgan fingerprint density at radius 2 is 1.78 bits per heavy atom. The molecule has 9 nitrogen and oxygen atoms in total. The molecule has 168 valence electrons. The molecule has 4 N–H and O–H groups in total. The van der Waals surface area contributed by atoms with E-state index in [1.807, 2.05) is 31.4 Å². The van der Waals surface area contributed by atoms with Crippen molar-refractivity contribution in [3.05, 3.63) is 71.5 Å². The number of benzene rings is 2. The molecule has 0 aliphatic heterocycles. The number of carbonyl (C=O) groups is 1. The lowest BCUT2D eigenvalue weighted by atomic mass is 10.2. The van der Waals surface area contributed by atoms with Gasteiger partial charge in [-0.3, -0.25) is 0 Å². The summed E-state index contributed by atoms with van der Waals surface area (Å²) in [5, 5.41) is 11.9. The van der Waals surface area contributed by atoms with E-state index in [2.05, 4.69) is 15.8 Å². The van der Waals surface area contributed by atoms with E-state index in [1.54, 1.807) is 42.6 Å². The fraction of sp³-hybridized carbons (Fsp3) is 0.182. The van der Waals surface area contributed by atoms with Crippen molar-refractivity contribution in [2.75, 3.05) is 11.9 Å². The van der Waals surface area contributed by atoms with Crippen LogP contribution in [0.2, 0.25) is 0 Å². The van der Waals surface area contributed by atoms with E-state index in [9.17, 15) is 13.2 Å². The number of urea groups is 1. The molecule has 0 fully saturated rings. The summed E-state index contributed by atoms with van der Waals surface area (Å²) in [6.07, 6.45) is 1.55. The minimum atomic E-state index is -3.75. The van der Waals surface area contributed by atoms with Crippen LogP contribution in [0.15, 0.2) is 64.6 Å². The molecule has 3 aromatic rings. The Morgan fingerprint density at radius 3 is 2.38 bits per heavy atom. The molecular formula is C22H25N5O4S. The Kier molecular flexibility index (Phi) is 6.96. The van der Waals surface area contributed by atoms with Gasteiger partial charge in [0.25, 0.3) is 0 Å². The number of hydrogen-bond acceptors (Lipinski definition) is 5. The first-order chi connectivity index (χ1) is 15.2. The lowest BCUT2D eigenvalue weighted by molar-refractivity contribution is 0.252. The summed E-state index contributed by atoms with van der Waals surface area (Å²) in [4.78, 5) is 12.1. The highest BCUT2D eigenvalue weighted by molar-refractivity contribution is 7.89. The zero-order valence-corrected chi connectivity index (χ0v) is 18.8. The number of nitrogens with one attached hydrogen (secondary N) is 2. The first-order valence-electron chi connectivity index (χ1n) is 9.84. The fourth-order valence-corrected chi connectivity index (χ4v) is 3.74. The van der Waals surface area contributed by atoms with Gasteiger partial charge in [0.1, 0.15) is 5.75 Å². The lowest BCUT2D eigenvalue weighted by Crippen LogP contribution is -2.24. The third kappa shape index (κ3) is 5.54. The van der Waals surface area contributed by atoms with Crippen molar-refractivity contribution >= 4 is 28.0 Å². The Bertz CT molecular complexity index is 1230. The molecule has 2 aromatic carbocycles. The molecule has 3 rings (SSSR count). The number of aryl methyl sites for hydroxylation is 1. The number of amides is 2. The smallest absolute Gasteiger partial charge is 0.339 e. The van der Waals surface area contributed by atoms with Gasteiger partial charge < -0.3 is 14.6 Å². The van der Waals surface area contributed by atoms with Crippen LogP contribution in [-0.4, -0.2) is 31.8 Å². The third-order valence-electron chi connectivity index (χ3n) is 4.69. The Hall–Kier alpha value is -3.63. The maximum absolute atomic E-state index is 12.1. The normalized spacial score (nSPS) is 11.5. The summed E-state index contributed by atoms with van der Waals surface area (Å²) in [6, 6.07) is 14.8. The van der Waals surface area contributed by atoms with Gasteiger partial charge in [0, 0.05) is 28.3 Å². The molecule has 0 aliphatic carbocycles. The highest BCUT2D eigenvalue weighted by Crippen LogP contribution is 2.21. The number of nitrogens with two attached hydrogens (primary N) is 1. The number of carbonyl (C=O) groups excluding carboxylic acids is 1. The third-order valence-corrected chi connectivity index (χ3v) is 5.62. The van der Waals surface area contributed by atoms with E-state index < -0.39 is 16.1 Å². The number of primary sulfonamides is 1. The number of aromatic nitrogens is 1. The fourth-order valence-electron chi connectivity index (χ4n) is 3.22. The minimum Gasteiger partial charge on any atom is -0.494 e. The topological polar surface area (TPSA) is 128 Å². The van der Waals surface area contributed by atoms with Gasteiger partial charge in [-0.15, -0.1) is 0 Å². The molecule has 32 heavy (non-hydrogen) atoms. The van der Waals surface area contributed by atoms with Crippen LogP contribution in [0.5, 0.6) is 5.75 Å². The van der Waals surface area contributed by atoms with Crippen molar-refractivity contribution in [2.45, 2.75) is 25.7 Å². The molecule has 2 amide bonds. The zero-order valence-electron chi connectivity index (χ0n) is 18.0. The van der Waals surface area contributed by atoms with Crippen LogP contribution >= 0.6 is 0 Å². The summed E-state index contributed by atoms with van der Waals surface area (Å²) in [7, 11) is -3.75. The molecule has 0 bridgehead atoms. The van der Waals surface area contributed by atoms with Gasteiger partial charge in [-0.2, -0.15) is 5.10 Å². The van der Waals surface area contributed by atoms with Crippen LogP contribution in [0.4, 0.5) is 10.5 Å². The van der Waals surface area contributed by atoms with Crippen LogP contribution in [-0.2, 0) is 10.0 Å². The van der Waals surface area contributed by atoms with Gasteiger partial charge in [0.05, 0.1) is 17.7 Å². The second-order valence-corrected chi connectivity index (χ2v) is 8.54. The largest absolute Gasteiger partial charge is 0.494 e. The number of hydrogen-bond donors (Lipinski definition) is 3. The van der Waals surface area contributed by atoms with Crippen LogP contribution in [0.3, 0.4) is 0 Å². The molecule has 10 heteroatoms. The number of sulfonamides is 1. The summed E-state index contributed by atoms with van der Waals surface area (Å²) >= 11 is 0. The van der Waals surface area contributed by atoms with Crippen molar-refractivity contribution in [1.29, 1.82) is 0 Å². The van der Waals surface area contributed by atoms with Gasteiger partial charge in [0.2, 0.25) is 10.0 Å². The number of rotatable bonds is 7. The maximum Gasteiger partial charge on any atom is 0.339 e. The van der Waals surface area contributed by atoms with Crippen molar-refractivity contribution in [2.24, 2.45) is 10.2 Å². The van der Waals surface area contributed by atoms with E-state index in [1.165, 1.54) is 12.1 Å². The Labute approximate surface area is 186 Å². The summed E-state index contributed by atoms with van der Waals surface area (Å²) < 4.78 is 30.2. The average molecular weight is 456 g/mol. The average Bonchev–Trinajstić information content (AvgIpc) is 3.02. The monoisotopic (exact) mass is 455 g/mol. The van der Waals surface area contributed by atoms with Crippen molar-refractivity contribution in [3.63, 3.8) is 0 Å². The van der Waals surface area contributed by atoms with Crippen LogP contribution in [0, 0.1) is 13.8 Å². The van der Waals surface area contributed by atoms with Crippen LogP contribution in [0.25, 0.3) is 5.69 Å². The lowest BCUT2D eigenvalue weighted by Gasteiger charge is -2.10. The van der Waals surface area contributed by atoms with E-state index in [4.69, 9.17) is 9.88 Å². The molecule has 1 aromatic heterocycles. The summed E-state index contributed by atoms with van der Waals surface area (Å²) in [5.41, 5.74) is 6.44. The van der Waals surface area contributed by atoms with Gasteiger partial charge in [0.15, 0.2) is 0 Å². The standard InChI is InChI=1S/C22H25N5O4S/c1-4-31-20-9-5-18(6-10-20)25-22(28)26-24-14-17-13-15(2)27(16(17)3)19-7-11-21(12-8-19)32(23,29)30/h5-14H,4H2,1-3H3,(H2,23,29,30)(H2,25,26,28)/b24-14+. The van der Waals surface area contributed by atoms with Crippen LogP contribution in [0.1, 0.15) is 23.9 Å². The van der Waals surface area contributed by atoms with E-state index in [0.29, 0.717) is 12.3 Å². The van der Waals surface area contributed by atoms with Gasteiger partial charge in [-0.1, -0.05) is 0 Å². The highest BCUT2D eigenvalue weighted by atomic mass is 32.2. The van der Waals surface area contributed by atoms with Crippen molar-refractivity contribution in [1.82, 2.24) is 9.99 Å². The molecule has 0 aliphatic rings. The summed E-state index contributed by atoms with van der Waals surface area (Å²) in [6.45, 7) is 6.30. The molecule has 0 saturated carbocycles. The molecule has 1 heterocycles. The molecular weight excluding hydrogens is 430 g/mol. The SMILES string of the molecule is CCOc1ccc(NC(=O)N/N=C/c2cc(C)n(-c3ccc(S(N)(=O)=O)cc3)c2C)cc1. The highest BCUT2D eigenvalue weighted by Gasteiger charge is 2.12. The van der Waals surface area contributed by atoms with E-state index >= 15 is 0 Å². The molecule has 0 spiro atoms. The van der Waals surface area contributed by atoms with Gasteiger partial charge in [-0.05, 0) is 75.4 Å². The number of nitrogens with zero attached hydrogens (tertiary/aromatic N) is 2. The Balaban J connectivity index is 1.67. The summed E-state index contributed by atoms with van der Waals surface area (Å²) in [5.74, 6) is 0.728. The molecule has 0 atom stereocenters. The number of ether oxygens (including phenoxy) is 1. The van der Waals surface area contributed by atoms with Crippen molar-refractivity contribution < 1.29 is 17.9 Å². The first kappa shape index (κ1) is 23.0. The molecule has 0 radical (unpaired) electrons. The predicted octanol–water partition coefficient (Wildman–Crippen LogP) is 3.30. The van der Waals surface area contributed by atoms with E-state index in [-0.39, 0.29) is 4.90 Å². The first-order valence-corrected chi connectivity index (χ1v) is 11.4. The minimum absolute atomic E-state index is 0.0493. The second kappa shape index (κ2) is 9.67. The van der Waals surface area contributed by atoms with Crippen LogP contribution < -0.4 is 20.6 Å². The quantitative estimate of drug-likeness (QED) is 0.373. The molecule has 0 unspecified atom stereocenters. The maximum atomic E-state index is 12.1. The van der Waals surface area contributed by atoms with Gasteiger partial charge in [-0.25, -0.2) is 23.8 Å². The predicted molar refractivity (Wildman–Crippen MR) is 124 cm³/mol. The molecule has 0 saturated heterocycles. The Morgan fingerprint density at radius 1 is 1.12 bits per heavy atom. The zero-order chi connectivity index (χ0) is 23.3. The number of anilines is 1.